The number of nitrogens with one attached hydrogen (secondary N) is 1. The van der Waals surface area contributed by atoms with Crippen LogP contribution in [0, 0.1) is 0 Å². The lowest BCUT2D eigenvalue weighted by Crippen LogP contribution is -2.23. The Bertz CT molecular complexity index is 767. The van der Waals surface area contributed by atoms with Crippen LogP contribution in [0.4, 0.5) is 0 Å². The van der Waals surface area contributed by atoms with E-state index in [0.29, 0.717) is 12.1 Å². The summed E-state index contributed by atoms with van der Waals surface area (Å²) < 4.78 is 0. The van der Waals surface area contributed by atoms with Crippen LogP contribution in [-0.4, -0.2) is 12.5 Å². The first kappa shape index (κ1) is 15.8. The van der Waals surface area contributed by atoms with Crippen molar-refractivity contribution in [1.82, 2.24) is 5.32 Å². The number of hydrogen-bond acceptors (Lipinski definition) is 1. The zero-order chi connectivity index (χ0) is 16.6. The first-order valence-corrected chi connectivity index (χ1v) is 7.99. The highest BCUT2D eigenvalue weighted by atomic mass is 16.1. The van der Waals surface area contributed by atoms with Crippen molar-refractivity contribution in [2.45, 2.75) is 0 Å². The van der Waals surface area contributed by atoms with Gasteiger partial charge in [-0.15, -0.1) is 0 Å². The fourth-order valence-corrected chi connectivity index (χ4v) is 2.58. The number of carbonyl (C=O) groups is 1. The Morgan fingerprint density at radius 2 is 1.08 bits per heavy atom. The molecule has 0 aromatic heterocycles. The normalized spacial score (nSPS) is 10.0. The monoisotopic (exact) mass is 313 g/mol. The van der Waals surface area contributed by atoms with Crippen molar-refractivity contribution in [3.63, 3.8) is 0 Å². The van der Waals surface area contributed by atoms with Gasteiger partial charge in [-0.05, 0) is 28.8 Å². The van der Waals surface area contributed by atoms with Crippen LogP contribution in [0.1, 0.15) is 21.5 Å². The second-order valence-electron chi connectivity index (χ2n) is 5.43. The van der Waals surface area contributed by atoms with Gasteiger partial charge in [0.2, 0.25) is 0 Å². The van der Waals surface area contributed by atoms with Crippen molar-refractivity contribution in [3.8, 4) is 0 Å². The van der Waals surface area contributed by atoms with Gasteiger partial charge in [-0.3, -0.25) is 4.79 Å². The molecule has 0 radical (unpaired) electrons. The zero-order valence-electron chi connectivity index (χ0n) is 13.4. The third kappa shape index (κ3) is 3.99. The maximum atomic E-state index is 12.2. The fraction of sp³-hybridized carbons (Fsp3) is 0.0455. The summed E-state index contributed by atoms with van der Waals surface area (Å²) in [5, 5.41) is 2.95. The van der Waals surface area contributed by atoms with Crippen LogP contribution in [0.3, 0.4) is 0 Å². The van der Waals surface area contributed by atoms with Crippen LogP contribution < -0.4 is 5.32 Å². The molecular weight excluding hydrogens is 294 g/mol. The number of amides is 1. The summed E-state index contributed by atoms with van der Waals surface area (Å²) in [4.78, 5) is 12.2. The molecule has 0 atom stereocenters. The minimum Gasteiger partial charge on any atom is -0.349 e. The predicted octanol–water partition coefficient (Wildman–Crippen LogP) is 4.55. The van der Waals surface area contributed by atoms with E-state index in [9.17, 15) is 4.79 Å². The molecule has 0 bridgehead atoms. The molecule has 118 valence electrons. The number of carbonyl (C=O) groups excluding carboxylic acids is 1. The van der Waals surface area contributed by atoms with Crippen LogP contribution in [-0.2, 0) is 0 Å². The van der Waals surface area contributed by atoms with Crippen LogP contribution in [0.5, 0.6) is 0 Å². The Balaban J connectivity index is 1.79. The van der Waals surface area contributed by atoms with Crippen LogP contribution in [0.15, 0.2) is 97.1 Å². The second kappa shape index (κ2) is 7.93. The maximum absolute atomic E-state index is 12.2. The summed E-state index contributed by atoms with van der Waals surface area (Å²) >= 11 is 0. The molecule has 1 N–H and O–H groups in total. The molecule has 0 aliphatic rings. The standard InChI is InChI=1S/C22H19NO/c24-22(20-14-8-3-9-15-20)23-17-16-21(18-10-4-1-5-11-18)19-12-6-2-7-13-19/h1-16H,17H2,(H,23,24). The van der Waals surface area contributed by atoms with Crippen molar-refractivity contribution >= 4 is 11.5 Å². The summed E-state index contributed by atoms with van der Waals surface area (Å²) in [7, 11) is 0. The van der Waals surface area contributed by atoms with E-state index in [2.05, 4.69) is 35.7 Å². The molecule has 0 spiro atoms. The Labute approximate surface area is 142 Å². The Morgan fingerprint density at radius 1 is 0.667 bits per heavy atom. The van der Waals surface area contributed by atoms with Crippen molar-refractivity contribution in [1.29, 1.82) is 0 Å². The minimum absolute atomic E-state index is 0.0627. The third-order valence-electron chi connectivity index (χ3n) is 3.77. The summed E-state index contributed by atoms with van der Waals surface area (Å²) in [5.41, 5.74) is 4.06. The first-order chi connectivity index (χ1) is 11.8. The van der Waals surface area contributed by atoms with Gasteiger partial charge < -0.3 is 5.32 Å². The molecule has 0 unspecified atom stereocenters. The van der Waals surface area contributed by atoms with Gasteiger partial charge in [0.15, 0.2) is 0 Å². The van der Waals surface area contributed by atoms with Crippen LogP contribution in [0.25, 0.3) is 5.57 Å². The Hall–Kier alpha value is -3.13. The van der Waals surface area contributed by atoms with Crippen molar-refractivity contribution in [2.75, 3.05) is 6.54 Å². The molecule has 2 heteroatoms. The van der Waals surface area contributed by atoms with Gasteiger partial charge in [0.1, 0.15) is 0 Å². The highest BCUT2D eigenvalue weighted by Crippen LogP contribution is 2.22. The molecule has 0 saturated heterocycles. The average molecular weight is 313 g/mol. The quantitative estimate of drug-likeness (QED) is 0.735. The lowest BCUT2D eigenvalue weighted by Gasteiger charge is -2.09. The van der Waals surface area contributed by atoms with Crippen LogP contribution in [0.2, 0.25) is 0 Å². The third-order valence-corrected chi connectivity index (χ3v) is 3.77. The molecule has 2 nitrogen and oxygen atoms in total. The summed E-state index contributed by atoms with van der Waals surface area (Å²) in [5.74, 6) is -0.0627. The average Bonchev–Trinajstić information content (AvgIpc) is 2.67. The van der Waals surface area contributed by atoms with Gasteiger partial charge in [0.25, 0.3) is 5.91 Å². The number of rotatable bonds is 5. The molecule has 0 saturated carbocycles. The molecule has 0 aliphatic heterocycles. The molecule has 0 aliphatic carbocycles. The van der Waals surface area contributed by atoms with Gasteiger partial charge in [0, 0.05) is 12.1 Å². The van der Waals surface area contributed by atoms with E-state index in [1.165, 1.54) is 0 Å². The Kier molecular flexibility index (Phi) is 5.21. The predicted molar refractivity (Wildman–Crippen MR) is 98.7 cm³/mol. The second-order valence-corrected chi connectivity index (χ2v) is 5.43. The van der Waals surface area contributed by atoms with Gasteiger partial charge in [-0.1, -0.05) is 84.9 Å². The number of hydrogen-bond donors (Lipinski definition) is 1. The van der Waals surface area contributed by atoms with E-state index in [0.717, 1.165) is 16.7 Å². The van der Waals surface area contributed by atoms with Crippen molar-refractivity contribution in [3.05, 3.63) is 114 Å². The molecular formula is C22H19NO. The van der Waals surface area contributed by atoms with Gasteiger partial charge in [0.05, 0.1) is 0 Å². The largest absolute Gasteiger partial charge is 0.349 e. The lowest BCUT2D eigenvalue weighted by atomic mass is 9.97. The SMILES string of the molecule is O=C(NCC=C(c1ccccc1)c1ccccc1)c1ccccc1. The van der Waals surface area contributed by atoms with Crippen molar-refractivity contribution < 1.29 is 4.79 Å². The first-order valence-electron chi connectivity index (χ1n) is 7.99. The Morgan fingerprint density at radius 3 is 1.54 bits per heavy atom. The highest BCUT2D eigenvalue weighted by Gasteiger charge is 2.06. The van der Waals surface area contributed by atoms with E-state index >= 15 is 0 Å². The number of benzene rings is 3. The smallest absolute Gasteiger partial charge is 0.251 e. The van der Waals surface area contributed by atoms with E-state index in [1.807, 2.05) is 66.7 Å². The molecule has 0 fully saturated rings. The van der Waals surface area contributed by atoms with Gasteiger partial charge >= 0.3 is 0 Å². The topological polar surface area (TPSA) is 29.1 Å². The summed E-state index contributed by atoms with van der Waals surface area (Å²) in [6, 6.07) is 29.7. The molecule has 3 aromatic carbocycles. The summed E-state index contributed by atoms with van der Waals surface area (Å²) in [6.45, 7) is 0.479. The zero-order valence-corrected chi connectivity index (χ0v) is 13.4. The van der Waals surface area contributed by atoms with Gasteiger partial charge in [-0.25, -0.2) is 0 Å². The highest BCUT2D eigenvalue weighted by molar-refractivity contribution is 5.94. The van der Waals surface area contributed by atoms with Gasteiger partial charge in [-0.2, -0.15) is 0 Å². The van der Waals surface area contributed by atoms with E-state index in [-0.39, 0.29) is 5.91 Å². The van der Waals surface area contributed by atoms with Crippen LogP contribution >= 0.6 is 0 Å². The van der Waals surface area contributed by atoms with E-state index < -0.39 is 0 Å². The van der Waals surface area contributed by atoms with E-state index in [1.54, 1.807) is 0 Å². The molecule has 3 aromatic rings. The van der Waals surface area contributed by atoms with E-state index in [4.69, 9.17) is 0 Å². The molecule has 24 heavy (non-hydrogen) atoms. The van der Waals surface area contributed by atoms with Crippen molar-refractivity contribution in [2.24, 2.45) is 0 Å². The molecule has 3 rings (SSSR count). The lowest BCUT2D eigenvalue weighted by molar-refractivity contribution is 0.0958. The molecule has 1 amide bonds. The summed E-state index contributed by atoms with van der Waals surface area (Å²) in [6.07, 6.45) is 2.06. The molecule has 0 heterocycles. The fourth-order valence-electron chi connectivity index (χ4n) is 2.58. The minimum atomic E-state index is -0.0627. The maximum Gasteiger partial charge on any atom is 0.251 e.